The smallest absolute Gasteiger partial charge is 0.326 e. The van der Waals surface area contributed by atoms with Crippen molar-refractivity contribution in [3.8, 4) is 0 Å². The zero-order valence-corrected chi connectivity index (χ0v) is 53.4. The second-order valence-electron chi connectivity index (χ2n) is 21.7. The zero-order chi connectivity index (χ0) is 71.1. The third kappa shape index (κ3) is 40.8. The summed E-state index contributed by atoms with van der Waals surface area (Å²) in [7, 11) is 0. The monoisotopic (exact) mass is 1340 g/mol. The average molecular weight is 1340 g/mol. The summed E-state index contributed by atoms with van der Waals surface area (Å²) in [6.45, 7) is 0.541. The molecule has 9 atom stereocenters. The Morgan fingerprint density at radius 1 is 0.277 bits per heavy atom. The Morgan fingerprint density at radius 3 is 0.702 bits per heavy atom. The molecule has 0 unspecified atom stereocenters. The highest BCUT2D eigenvalue weighted by Gasteiger charge is 2.35. The molecule has 0 aromatic heterocycles. The molecule has 534 valence electrons. The van der Waals surface area contributed by atoms with Crippen LogP contribution in [0.5, 0.6) is 0 Å². The lowest BCUT2D eigenvalue weighted by atomic mass is 10.0. The molecule has 0 saturated heterocycles. The van der Waals surface area contributed by atoms with Crippen molar-refractivity contribution in [1.29, 1.82) is 0 Å². The molecule has 94 heavy (non-hydrogen) atoms. The molecule has 0 spiro atoms. The molecule has 41 heteroatoms. The van der Waals surface area contributed by atoms with Crippen LogP contribution in [0, 0.1) is 0 Å². The molecule has 0 bridgehead atoms. The summed E-state index contributed by atoms with van der Waals surface area (Å²) in [4.78, 5) is 162. The van der Waals surface area contributed by atoms with E-state index >= 15 is 0 Å². The Hall–Kier alpha value is -9.80. The minimum Gasteiger partial charge on any atom is -0.480 e. The van der Waals surface area contributed by atoms with Gasteiger partial charge in [-0.2, -0.15) is 0 Å². The molecule has 0 aliphatic heterocycles. The number of carbonyl (C=O) groups is 10. The van der Waals surface area contributed by atoms with Crippen LogP contribution < -0.4 is 134 Å². The van der Waals surface area contributed by atoms with Gasteiger partial charge in [0.05, 0.1) is 6.04 Å². The van der Waals surface area contributed by atoms with Crippen molar-refractivity contribution >= 4 is 94.9 Å². The highest BCUT2D eigenvalue weighted by molar-refractivity contribution is 5.98. The van der Waals surface area contributed by atoms with Gasteiger partial charge in [-0.1, -0.05) is 0 Å². The Morgan fingerprint density at radius 2 is 0.479 bits per heavy atom. The van der Waals surface area contributed by atoms with Gasteiger partial charge in [0.2, 0.25) is 53.2 Å². The predicted molar refractivity (Wildman–Crippen MR) is 355 cm³/mol. The van der Waals surface area contributed by atoms with E-state index in [1.165, 1.54) is 0 Å². The van der Waals surface area contributed by atoms with Crippen molar-refractivity contribution in [3.05, 3.63) is 0 Å². The highest BCUT2D eigenvalue weighted by atomic mass is 16.4. The summed E-state index contributed by atoms with van der Waals surface area (Å²) in [6.07, 6.45) is 0.516. The van der Waals surface area contributed by atoms with Gasteiger partial charge in [0.25, 0.3) is 0 Å². The van der Waals surface area contributed by atoms with Crippen LogP contribution in [-0.4, -0.2) is 207 Å². The fourth-order valence-corrected chi connectivity index (χ4v) is 8.76. The SMILES string of the molecule is NCCCC[C@H](NC(=O)[C@H](CCCN=C(N)N)NC(=O)[C@@H](CCCN=C(N)N)NC(=O)[C@H](CCC(N)=O)NC(=O)[C@H](CCCN=C(N)N)NC(=O)[C@H](CCCN=C(N)N)NC(=O)[C@H](N)CCCN=C(N)N)C(=O)N[C@@H](CCCCN)C(=O)N[C@H](CCCN=C(N)N)C(=O)O. The molecule has 41 N–H and O–H groups in total. The molecule has 0 aromatic rings. The third-order valence-electron chi connectivity index (χ3n) is 13.6. The Kier molecular flexibility index (Phi) is 43.8. The second-order valence-corrected chi connectivity index (χ2v) is 21.7. The summed E-state index contributed by atoms with van der Waals surface area (Å²) in [6, 6.07) is -12.8. The molecule has 0 heterocycles. The van der Waals surface area contributed by atoms with Crippen molar-refractivity contribution in [2.75, 3.05) is 52.4 Å². The number of carbonyl (C=O) groups excluding carboxylic acids is 9. The number of aliphatic carboxylic acids is 1. The van der Waals surface area contributed by atoms with Crippen molar-refractivity contribution in [2.24, 2.45) is 122 Å². The Labute approximate surface area is 545 Å². The first kappa shape index (κ1) is 84.2. The van der Waals surface area contributed by atoms with Crippen molar-refractivity contribution in [3.63, 3.8) is 0 Å². The van der Waals surface area contributed by atoms with Crippen molar-refractivity contribution in [1.82, 2.24) is 42.5 Å². The van der Waals surface area contributed by atoms with E-state index in [0.29, 0.717) is 25.7 Å². The van der Waals surface area contributed by atoms with Crippen LogP contribution in [0.3, 0.4) is 0 Å². The van der Waals surface area contributed by atoms with E-state index in [1.54, 1.807) is 0 Å². The maximum Gasteiger partial charge on any atom is 0.326 e. The van der Waals surface area contributed by atoms with Gasteiger partial charge >= 0.3 is 5.97 Å². The number of nitrogens with one attached hydrogen (secondary N) is 8. The highest BCUT2D eigenvalue weighted by Crippen LogP contribution is 2.12. The number of carboxylic acid groups (broad SMARTS) is 1. The molecule has 0 aliphatic rings. The Balaban J connectivity index is 7.45. The van der Waals surface area contributed by atoms with Crippen LogP contribution in [0.2, 0.25) is 0 Å². The molecular formula is C53H106N30O11. The van der Waals surface area contributed by atoms with Crippen LogP contribution in [0.4, 0.5) is 0 Å². The lowest BCUT2D eigenvalue weighted by Crippen LogP contribution is -2.60. The minimum absolute atomic E-state index is 0.00980. The van der Waals surface area contributed by atoms with Crippen LogP contribution in [0.25, 0.3) is 0 Å². The number of unbranched alkanes of at least 4 members (excludes halogenated alkanes) is 2. The number of aliphatic imine (C=N–C) groups is 6. The first-order valence-corrected chi connectivity index (χ1v) is 30.8. The summed E-state index contributed by atoms with van der Waals surface area (Å²) >= 11 is 0. The van der Waals surface area contributed by atoms with Gasteiger partial charge in [-0.25, -0.2) is 4.79 Å². The van der Waals surface area contributed by atoms with Gasteiger partial charge in [-0.15, -0.1) is 0 Å². The number of nitrogens with two attached hydrogens (primary N) is 16. The van der Waals surface area contributed by atoms with Gasteiger partial charge in [0, 0.05) is 45.7 Å². The topological polar surface area (TPSA) is 778 Å². The number of nitrogens with zero attached hydrogens (tertiary/aromatic N) is 6. The number of guanidine groups is 6. The molecule has 0 aliphatic carbocycles. The molecule has 41 nitrogen and oxygen atoms in total. The summed E-state index contributed by atoms with van der Waals surface area (Å²) < 4.78 is 0. The maximum atomic E-state index is 14.6. The molecule has 0 aromatic carbocycles. The number of rotatable bonds is 52. The number of amides is 9. The molecular weight excluding hydrogens is 1230 g/mol. The van der Waals surface area contributed by atoms with Crippen LogP contribution in [0.15, 0.2) is 30.0 Å². The normalized spacial score (nSPS) is 13.6. The summed E-state index contributed by atoms with van der Waals surface area (Å²) in [5.41, 5.74) is 89.1. The molecule has 0 saturated carbocycles. The summed E-state index contributed by atoms with van der Waals surface area (Å²) in [5.74, 6) is -11.0. The second kappa shape index (κ2) is 48.9. The standard InChI is InChI=1S/C53H106N30O11/c54-21-3-1-12-30(40(86)78-31(13-2-4-22-55)45(91)83-37(47(93)94)18-10-28-75-53(68)69)77-42(88)33(15-7-25-72-50(62)63)80-43(89)34(16-8-26-73-51(64)65)81-46(92)36(19-20-38(57)84)82-44(90)35(17-9-27-74-52(66)67)79-41(87)32(14-6-24-71-49(60)61)76-39(85)29(56)11-5-23-70-48(58)59/h29-37H,1-28,54-56H2,(H2,57,84)(H,76,85)(H,77,88)(H,78,86)(H,79,87)(H,80,89)(H,81,92)(H,82,90)(H,83,91)(H,93,94)(H4,58,59,70)(H4,60,61,71)(H4,62,63,72)(H4,64,65,73)(H4,66,67,74)(H4,68,69,75)/t29-,30+,31+,32+,33+,34-,35+,36+,37-/m1/s1. The van der Waals surface area contributed by atoms with Crippen LogP contribution in [-0.2, 0) is 47.9 Å². The lowest BCUT2D eigenvalue weighted by molar-refractivity contribution is -0.142. The van der Waals surface area contributed by atoms with E-state index in [9.17, 15) is 53.1 Å². The van der Waals surface area contributed by atoms with Gasteiger partial charge in [-0.3, -0.25) is 73.1 Å². The van der Waals surface area contributed by atoms with Crippen LogP contribution in [0.1, 0.15) is 128 Å². The molecule has 0 radical (unpaired) electrons. The van der Waals surface area contributed by atoms with Gasteiger partial charge in [0.15, 0.2) is 35.8 Å². The molecule has 0 fully saturated rings. The number of hydrogen-bond donors (Lipinski definition) is 25. The lowest BCUT2D eigenvalue weighted by Gasteiger charge is -2.28. The van der Waals surface area contributed by atoms with Gasteiger partial charge < -0.3 is 139 Å². The first-order chi connectivity index (χ1) is 44.4. The predicted octanol–water partition coefficient (Wildman–Crippen LogP) is -10.9. The van der Waals surface area contributed by atoms with Gasteiger partial charge in [0.1, 0.15) is 48.3 Å². The average Bonchev–Trinajstić information content (AvgIpc) is 0.907. The van der Waals surface area contributed by atoms with E-state index in [1.807, 2.05) is 0 Å². The Bertz CT molecular complexity index is 2560. The third-order valence-corrected chi connectivity index (χ3v) is 13.6. The minimum atomic E-state index is -1.67. The number of hydrogen-bond acceptors (Lipinski definition) is 19. The molecule has 0 rings (SSSR count). The maximum absolute atomic E-state index is 14.6. The number of primary amides is 1. The number of carboxylic acids is 1. The van der Waals surface area contributed by atoms with Crippen molar-refractivity contribution in [2.45, 2.75) is 183 Å². The first-order valence-electron chi connectivity index (χ1n) is 30.8. The molecule has 9 amide bonds. The largest absolute Gasteiger partial charge is 0.480 e. The fraction of sp³-hybridized carbons (Fsp3) is 0.698. The quantitative estimate of drug-likeness (QED) is 0.0153. The zero-order valence-electron chi connectivity index (χ0n) is 53.4. The van der Waals surface area contributed by atoms with Crippen LogP contribution >= 0.6 is 0 Å². The van der Waals surface area contributed by atoms with E-state index in [2.05, 4.69) is 72.5 Å². The van der Waals surface area contributed by atoms with Crippen molar-refractivity contribution < 1.29 is 53.1 Å². The fourth-order valence-electron chi connectivity index (χ4n) is 8.76. The van der Waals surface area contributed by atoms with Gasteiger partial charge in [-0.05, 0) is 135 Å². The van der Waals surface area contributed by atoms with E-state index in [0.717, 1.165) is 0 Å². The van der Waals surface area contributed by atoms with E-state index < -0.39 is 126 Å². The van der Waals surface area contributed by atoms with E-state index in [4.69, 9.17) is 91.7 Å². The van der Waals surface area contributed by atoms with E-state index in [-0.39, 0.29) is 178 Å². The summed E-state index contributed by atoms with van der Waals surface area (Å²) in [5, 5.41) is 30.6.